The first kappa shape index (κ1) is 11.7. The summed E-state index contributed by atoms with van der Waals surface area (Å²) in [6, 6.07) is 0.333. The van der Waals surface area contributed by atoms with Crippen LogP contribution in [0.5, 0.6) is 0 Å². The third kappa shape index (κ3) is 6.41. The SMILES string of the molecule is C=C(CC)CC(N)CCC(C)C. The van der Waals surface area contributed by atoms with E-state index in [2.05, 4.69) is 27.4 Å². The second kappa shape index (κ2) is 6.24. The zero-order valence-electron chi connectivity index (χ0n) is 8.77. The highest BCUT2D eigenvalue weighted by Gasteiger charge is 2.04. The van der Waals surface area contributed by atoms with Crippen molar-refractivity contribution in [2.75, 3.05) is 0 Å². The summed E-state index contributed by atoms with van der Waals surface area (Å²) in [7, 11) is 0. The molecule has 0 aromatic heterocycles. The zero-order chi connectivity index (χ0) is 9.56. The minimum absolute atomic E-state index is 0.333. The van der Waals surface area contributed by atoms with E-state index in [0.29, 0.717) is 6.04 Å². The summed E-state index contributed by atoms with van der Waals surface area (Å²) in [4.78, 5) is 0. The Morgan fingerprint density at radius 1 is 1.33 bits per heavy atom. The van der Waals surface area contributed by atoms with Crippen LogP contribution in [0.2, 0.25) is 0 Å². The van der Waals surface area contributed by atoms with Gasteiger partial charge in [0.05, 0.1) is 0 Å². The Bertz CT molecular complexity index is 127. The first-order valence-corrected chi connectivity index (χ1v) is 4.98. The van der Waals surface area contributed by atoms with E-state index < -0.39 is 0 Å². The molecule has 0 amide bonds. The van der Waals surface area contributed by atoms with Crippen molar-refractivity contribution in [1.82, 2.24) is 0 Å². The van der Waals surface area contributed by atoms with E-state index in [1.165, 1.54) is 12.0 Å². The van der Waals surface area contributed by atoms with Gasteiger partial charge in [-0.2, -0.15) is 0 Å². The zero-order valence-corrected chi connectivity index (χ0v) is 8.77. The Labute approximate surface area is 77.0 Å². The first-order chi connectivity index (χ1) is 5.56. The van der Waals surface area contributed by atoms with Crippen LogP contribution in [0.1, 0.15) is 46.5 Å². The topological polar surface area (TPSA) is 26.0 Å². The van der Waals surface area contributed by atoms with Crippen molar-refractivity contribution in [2.24, 2.45) is 11.7 Å². The molecule has 0 heterocycles. The van der Waals surface area contributed by atoms with Gasteiger partial charge in [-0.3, -0.25) is 0 Å². The van der Waals surface area contributed by atoms with Gasteiger partial charge in [-0.15, -0.1) is 0 Å². The molecule has 0 saturated carbocycles. The lowest BCUT2D eigenvalue weighted by atomic mass is 9.98. The summed E-state index contributed by atoms with van der Waals surface area (Å²) < 4.78 is 0. The highest BCUT2D eigenvalue weighted by Crippen LogP contribution is 2.12. The highest BCUT2D eigenvalue weighted by atomic mass is 14.6. The number of hydrogen-bond acceptors (Lipinski definition) is 1. The quantitative estimate of drug-likeness (QED) is 0.607. The van der Waals surface area contributed by atoms with Gasteiger partial charge in [-0.25, -0.2) is 0 Å². The van der Waals surface area contributed by atoms with Crippen molar-refractivity contribution >= 4 is 0 Å². The predicted octanol–water partition coefficient (Wildman–Crippen LogP) is 3.11. The molecule has 0 radical (unpaired) electrons. The van der Waals surface area contributed by atoms with Gasteiger partial charge in [0.2, 0.25) is 0 Å². The molecule has 0 aliphatic carbocycles. The van der Waals surface area contributed by atoms with Crippen LogP contribution in [0.15, 0.2) is 12.2 Å². The molecular formula is C11H23N. The van der Waals surface area contributed by atoms with Gasteiger partial charge in [-0.05, 0) is 31.6 Å². The maximum absolute atomic E-state index is 5.94. The molecule has 1 heteroatoms. The summed E-state index contributed by atoms with van der Waals surface area (Å²) >= 11 is 0. The van der Waals surface area contributed by atoms with Gasteiger partial charge in [0, 0.05) is 6.04 Å². The third-order valence-corrected chi connectivity index (χ3v) is 2.17. The van der Waals surface area contributed by atoms with Crippen molar-refractivity contribution in [3.05, 3.63) is 12.2 Å². The van der Waals surface area contributed by atoms with Gasteiger partial charge in [0.1, 0.15) is 0 Å². The molecule has 0 bridgehead atoms. The average molecular weight is 169 g/mol. The smallest absolute Gasteiger partial charge is 0.00760 e. The minimum atomic E-state index is 0.333. The summed E-state index contributed by atoms with van der Waals surface area (Å²) in [5, 5.41) is 0. The van der Waals surface area contributed by atoms with E-state index in [0.717, 1.165) is 25.2 Å². The normalized spacial score (nSPS) is 13.4. The van der Waals surface area contributed by atoms with Gasteiger partial charge in [-0.1, -0.05) is 32.9 Å². The molecule has 1 nitrogen and oxygen atoms in total. The van der Waals surface area contributed by atoms with Crippen molar-refractivity contribution in [3.8, 4) is 0 Å². The molecular weight excluding hydrogens is 146 g/mol. The van der Waals surface area contributed by atoms with E-state index in [4.69, 9.17) is 5.73 Å². The second-order valence-corrected chi connectivity index (χ2v) is 4.04. The number of nitrogens with two attached hydrogens (primary N) is 1. The second-order valence-electron chi connectivity index (χ2n) is 4.04. The summed E-state index contributed by atoms with van der Waals surface area (Å²) in [6.07, 6.45) is 4.44. The van der Waals surface area contributed by atoms with Gasteiger partial charge < -0.3 is 5.73 Å². The van der Waals surface area contributed by atoms with Crippen LogP contribution in [-0.4, -0.2) is 6.04 Å². The van der Waals surface area contributed by atoms with E-state index in [1.54, 1.807) is 0 Å². The fourth-order valence-electron chi connectivity index (χ4n) is 1.16. The third-order valence-electron chi connectivity index (χ3n) is 2.17. The highest BCUT2D eigenvalue weighted by molar-refractivity contribution is 4.95. The molecule has 1 atom stereocenters. The van der Waals surface area contributed by atoms with Crippen molar-refractivity contribution in [2.45, 2.75) is 52.5 Å². The monoisotopic (exact) mass is 169 g/mol. The molecule has 0 aliphatic rings. The van der Waals surface area contributed by atoms with Crippen molar-refractivity contribution in [3.63, 3.8) is 0 Å². The van der Waals surface area contributed by atoms with Crippen LogP contribution in [0.3, 0.4) is 0 Å². The van der Waals surface area contributed by atoms with Crippen molar-refractivity contribution < 1.29 is 0 Å². The Morgan fingerprint density at radius 3 is 2.33 bits per heavy atom. The summed E-state index contributed by atoms with van der Waals surface area (Å²) in [5.41, 5.74) is 7.22. The molecule has 0 saturated heterocycles. The lowest BCUT2D eigenvalue weighted by Crippen LogP contribution is -2.20. The predicted molar refractivity (Wildman–Crippen MR) is 56.1 cm³/mol. The maximum atomic E-state index is 5.94. The van der Waals surface area contributed by atoms with E-state index in [9.17, 15) is 0 Å². The minimum Gasteiger partial charge on any atom is -0.327 e. The Morgan fingerprint density at radius 2 is 1.92 bits per heavy atom. The Balaban J connectivity index is 3.45. The van der Waals surface area contributed by atoms with Crippen LogP contribution < -0.4 is 5.73 Å². The Hall–Kier alpha value is -0.300. The number of rotatable bonds is 6. The molecule has 0 aromatic rings. The molecule has 72 valence electrons. The van der Waals surface area contributed by atoms with Crippen LogP contribution in [0.25, 0.3) is 0 Å². The van der Waals surface area contributed by atoms with E-state index in [1.807, 2.05) is 0 Å². The van der Waals surface area contributed by atoms with E-state index in [-0.39, 0.29) is 0 Å². The van der Waals surface area contributed by atoms with Crippen LogP contribution in [0.4, 0.5) is 0 Å². The fourth-order valence-corrected chi connectivity index (χ4v) is 1.16. The number of hydrogen-bond donors (Lipinski definition) is 1. The van der Waals surface area contributed by atoms with Crippen LogP contribution in [-0.2, 0) is 0 Å². The standard InChI is InChI=1S/C11H23N/c1-5-10(4)8-11(12)7-6-9(2)3/h9,11H,4-8,12H2,1-3H3. The summed E-state index contributed by atoms with van der Waals surface area (Å²) in [5.74, 6) is 0.769. The van der Waals surface area contributed by atoms with Gasteiger partial charge >= 0.3 is 0 Å². The van der Waals surface area contributed by atoms with Crippen molar-refractivity contribution in [1.29, 1.82) is 0 Å². The average Bonchev–Trinajstić information content (AvgIpc) is 2.00. The van der Waals surface area contributed by atoms with Gasteiger partial charge in [0.15, 0.2) is 0 Å². The molecule has 0 rings (SSSR count). The van der Waals surface area contributed by atoms with E-state index >= 15 is 0 Å². The molecule has 2 N–H and O–H groups in total. The first-order valence-electron chi connectivity index (χ1n) is 4.98. The largest absolute Gasteiger partial charge is 0.327 e. The molecule has 0 fully saturated rings. The van der Waals surface area contributed by atoms with Gasteiger partial charge in [0.25, 0.3) is 0 Å². The molecule has 1 unspecified atom stereocenters. The fraction of sp³-hybridized carbons (Fsp3) is 0.818. The molecule has 0 aliphatic heterocycles. The summed E-state index contributed by atoms with van der Waals surface area (Å²) in [6.45, 7) is 10.6. The molecule has 0 spiro atoms. The molecule has 0 aromatic carbocycles. The lowest BCUT2D eigenvalue weighted by Gasteiger charge is -2.13. The van der Waals surface area contributed by atoms with Crippen LogP contribution >= 0.6 is 0 Å². The van der Waals surface area contributed by atoms with Crippen LogP contribution in [0, 0.1) is 5.92 Å². The lowest BCUT2D eigenvalue weighted by molar-refractivity contribution is 0.492. The molecule has 12 heavy (non-hydrogen) atoms. The Kier molecular flexibility index (Phi) is 6.09. The maximum Gasteiger partial charge on any atom is 0.00760 e.